The SMILES string of the molecule is Nc1cccc(C(=O)OCc2ccc3ccccc3n2)c1. The van der Waals surface area contributed by atoms with Crippen molar-refractivity contribution in [2.75, 3.05) is 5.73 Å². The number of nitrogens with zero attached hydrogens (tertiary/aromatic N) is 1. The number of nitrogens with two attached hydrogens (primary N) is 1. The number of rotatable bonds is 3. The molecular formula is C17H14N2O2. The molecule has 0 aliphatic carbocycles. The molecule has 0 bridgehead atoms. The first kappa shape index (κ1) is 13.1. The van der Waals surface area contributed by atoms with Crippen molar-refractivity contribution in [1.29, 1.82) is 0 Å². The molecular weight excluding hydrogens is 264 g/mol. The summed E-state index contributed by atoms with van der Waals surface area (Å²) < 4.78 is 5.26. The lowest BCUT2D eigenvalue weighted by Gasteiger charge is -2.06. The maximum atomic E-state index is 11.9. The Labute approximate surface area is 122 Å². The van der Waals surface area contributed by atoms with Gasteiger partial charge in [0.15, 0.2) is 0 Å². The Morgan fingerprint density at radius 3 is 2.76 bits per heavy atom. The molecule has 4 nitrogen and oxygen atoms in total. The molecule has 0 amide bonds. The monoisotopic (exact) mass is 278 g/mol. The molecule has 0 aliphatic rings. The van der Waals surface area contributed by atoms with Crippen LogP contribution in [-0.4, -0.2) is 11.0 Å². The van der Waals surface area contributed by atoms with Gasteiger partial charge in [-0.2, -0.15) is 0 Å². The van der Waals surface area contributed by atoms with E-state index in [0.29, 0.717) is 16.9 Å². The van der Waals surface area contributed by atoms with Crippen molar-refractivity contribution in [2.24, 2.45) is 0 Å². The van der Waals surface area contributed by atoms with Crippen LogP contribution in [0.5, 0.6) is 0 Å². The highest BCUT2D eigenvalue weighted by Crippen LogP contribution is 2.13. The number of para-hydroxylation sites is 1. The summed E-state index contributed by atoms with van der Waals surface area (Å²) in [6.07, 6.45) is 0. The minimum absolute atomic E-state index is 0.137. The van der Waals surface area contributed by atoms with Crippen LogP contribution in [0.1, 0.15) is 16.1 Å². The maximum absolute atomic E-state index is 11.9. The number of carbonyl (C=O) groups excluding carboxylic acids is 1. The highest BCUT2D eigenvalue weighted by Gasteiger charge is 2.08. The molecule has 2 aromatic carbocycles. The lowest BCUT2D eigenvalue weighted by molar-refractivity contribution is 0.0468. The molecule has 0 spiro atoms. The summed E-state index contributed by atoms with van der Waals surface area (Å²) in [5.74, 6) is -0.405. The first-order valence-corrected chi connectivity index (χ1v) is 6.60. The molecule has 1 aromatic heterocycles. The number of nitrogen functional groups attached to an aromatic ring is 1. The lowest BCUT2D eigenvalue weighted by Crippen LogP contribution is -2.06. The largest absolute Gasteiger partial charge is 0.456 e. The van der Waals surface area contributed by atoms with Crippen LogP contribution in [0.15, 0.2) is 60.7 Å². The Hall–Kier alpha value is -2.88. The molecule has 0 saturated carbocycles. The van der Waals surface area contributed by atoms with E-state index < -0.39 is 5.97 Å². The summed E-state index contributed by atoms with van der Waals surface area (Å²) >= 11 is 0. The number of carbonyl (C=O) groups is 1. The second-order valence-electron chi connectivity index (χ2n) is 4.70. The molecule has 0 unspecified atom stereocenters. The van der Waals surface area contributed by atoms with E-state index in [1.807, 2.05) is 36.4 Å². The average molecular weight is 278 g/mol. The summed E-state index contributed by atoms with van der Waals surface area (Å²) in [6.45, 7) is 0.137. The number of anilines is 1. The van der Waals surface area contributed by atoms with Crippen LogP contribution in [0.2, 0.25) is 0 Å². The second kappa shape index (κ2) is 5.63. The zero-order chi connectivity index (χ0) is 14.7. The molecule has 0 fully saturated rings. The molecule has 1 heterocycles. The fourth-order valence-electron chi connectivity index (χ4n) is 2.08. The third kappa shape index (κ3) is 3.00. The first-order chi connectivity index (χ1) is 10.2. The zero-order valence-electron chi connectivity index (χ0n) is 11.3. The maximum Gasteiger partial charge on any atom is 0.338 e. The summed E-state index contributed by atoms with van der Waals surface area (Å²) in [4.78, 5) is 16.4. The number of pyridine rings is 1. The third-order valence-electron chi connectivity index (χ3n) is 3.13. The summed E-state index contributed by atoms with van der Waals surface area (Å²) in [5, 5.41) is 1.06. The van der Waals surface area contributed by atoms with Crippen LogP contribution in [0.3, 0.4) is 0 Å². The molecule has 104 valence electrons. The van der Waals surface area contributed by atoms with E-state index in [-0.39, 0.29) is 6.61 Å². The van der Waals surface area contributed by atoms with E-state index in [0.717, 1.165) is 10.9 Å². The number of aromatic nitrogens is 1. The Morgan fingerprint density at radius 1 is 1.05 bits per heavy atom. The zero-order valence-corrected chi connectivity index (χ0v) is 11.3. The third-order valence-corrected chi connectivity index (χ3v) is 3.13. The van der Waals surface area contributed by atoms with E-state index >= 15 is 0 Å². The first-order valence-electron chi connectivity index (χ1n) is 6.60. The molecule has 0 atom stereocenters. The van der Waals surface area contributed by atoms with Gasteiger partial charge in [-0.15, -0.1) is 0 Å². The average Bonchev–Trinajstić information content (AvgIpc) is 2.52. The van der Waals surface area contributed by atoms with Crippen molar-refractivity contribution in [1.82, 2.24) is 4.98 Å². The molecule has 0 aliphatic heterocycles. The smallest absolute Gasteiger partial charge is 0.338 e. The Morgan fingerprint density at radius 2 is 1.90 bits per heavy atom. The van der Waals surface area contributed by atoms with Crippen LogP contribution >= 0.6 is 0 Å². The molecule has 2 N–H and O–H groups in total. The topological polar surface area (TPSA) is 65.2 Å². The molecule has 0 radical (unpaired) electrons. The molecule has 3 rings (SSSR count). The number of esters is 1. The number of hydrogen-bond acceptors (Lipinski definition) is 4. The van der Waals surface area contributed by atoms with Crippen LogP contribution in [0.4, 0.5) is 5.69 Å². The normalized spacial score (nSPS) is 10.5. The predicted octanol–water partition coefficient (Wildman–Crippen LogP) is 3.17. The van der Waals surface area contributed by atoms with Crippen molar-refractivity contribution in [3.8, 4) is 0 Å². The number of fused-ring (bicyclic) bond motifs is 1. The van der Waals surface area contributed by atoms with Crippen LogP contribution < -0.4 is 5.73 Å². The van der Waals surface area contributed by atoms with Crippen molar-refractivity contribution in [3.05, 3.63) is 71.9 Å². The van der Waals surface area contributed by atoms with Crippen molar-refractivity contribution in [2.45, 2.75) is 6.61 Å². The summed E-state index contributed by atoms with van der Waals surface area (Å²) in [7, 11) is 0. The van der Waals surface area contributed by atoms with E-state index in [2.05, 4.69) is 4.98 Å². The molecule has 4 heteroatoms. The van der Waals surface area contributed by atoms with Crippen molar-refractivity contribution >= 4 is 22.6 Å². The van der Waals surface area contributed by atoms with Crippen LogP contribution in [0, 0.1) is 0 Å². The van der Waals surface area contributed by atoms with Gasteiger partial charge >= 0.3 is 5.97 Å². The minimum Gasteiger partial charge on any atom is -0.456 e. The molecule has 3 aromatic rings. The van der Waals surface area contributed by atoms with Gasteiger partial charge in [0, 0.05) is 11.1 Å². The standard InChI is InChI=1S/C17H14N2O2/c18-14-6-3-5-13(10-14)17(20)21-11-15-9-8-12-4-1-2-7-16(12)19-15/h1-10H,11,18H2. The van der Waals surface area contributed by atoms with E-state index in [1.165, 1.54) is 0 Å². The van der Waals surface area contributed by atoms with Gasteiger partial charge in [0.1, 0.15) is 6.61 Å². The van der Waals surface area contributed by atoms with Gasteiger partial charge in [-0.1, -0.05) is 30.3 Å². The van der Waals surface area contributed by atoms with Crippen LogP contribution in [-0.2, 0) is 11.3 Å². The van der Waals surface area contributed by atoms with Crippen molar-refractivity contribution < 1.29 is 9.53 Å². The molecule has 21 heavy (non-hydrogen) atoms. The molecule has 0 saturated heterocycles. The summed E-state index contributed by atoms with van der Waals surface area (Å²) in [6, 6.07) is 18.3. The van der Waals surface area contributed by atoms with Crippen LogP contribution in [0.25, 0.3) is 10.9 Å². The van der Waals surface area contributed by atoms with Gasteiger partial charge in [-0.3, -0.25) is 0 Å². The van der Waals surface area contributed by atoms with Gasteiger partial charge in [0.2, 0.25) is 0 Å². The number of ether oxygens (including phenoxy) is 1. The Bertz CT molecular complexity index is 799. The quantitative estimate of drug-likeness (QED) is 0.590. The van der Waals surface area contributed by atoms with Gasteiger partial charge in [0.05, 0.1) is 16.8 Å². The summed E-state index contributed by atoms with van der Waals surface area (Å²) in [5.41, 5.74) is 8.22. The lowest BCUT2D eigenvalue weighted by atomic mass is 10.2. The van der Waals surface area contributed by atoms with Gasteiger partial charge in [-0.05, 0) is 30.3 Å². The van der Waals surface area contributed by atoms with Crippen molar-refractivity contribution in [3.63, 3.8) is 0 Å². The fraction of sp³-hybridized carbons (Fsp3) is 0.0588. The highest BCUT2D eigenvalue weighted by atomic mass is 16.5. The number of hydrogen-bond donors (Lipinski definition) is 1. The number of benzene rings is 2. The Balaban J connectivity index is 1.72. The fourth-order valence-corrected chi connectivity index (χ4v) is 2.08. The van der Waals surface area contributed by atoms with E-state index in [1.54, 1.807) is 24.3 Å². The minimum atomic E-state index is -0.405. The van der Waals surface area contributed by atoms with Gasteiger partial charge in [0.25, 0.3) is 0 Å². The second-order valence-corrected chi connectivity index (χ2v) is 4.70. The Kier molecular flexibility index (Phi) is 3.51. The van der Waals surface area contributed by atoms with Gasteiger partial charge < -0.3 is 10.5 Å². The highest BCUT2D eigenvalue weighted by molar-refractivity contribution is 5.90. The van der Waals surface area contributed by atoms with Gasteiger partial charge in [-0.25, -0.2) is 9.78 Å². The van der Waals surface area contributed by atoms with E-state index in [9.17, 15) is 4.79 Å². The van der Waals surface area contributed by atoms with E-state index in [4.69, 9.17) is 10.5 Å². The predicted molar refractivity (Wildman–Crippen MR) is 81.7 cm³/mol.